The van der Waals surface area contributed by atoms with Crippen LogP contribution in [-0.2, 0) is 20.7 Å². The van der Waals surface area contributed by atoms with Gasteiger partial charge in [-0.25, -0.2) is 4.79 Å². The van der Waals surface area contributed by atoms with Crippen molar-refractivity contribution in [2.45, 2.75) is 25.7 Å². The third-order valence-corrected chi connectivity index (χ3v) is 3.85. The smallest absolute Gasteiger partial charge is 0.407 e. The Morgan fingerprint density at radius 1 is 1.27 bits per heavy atom. The number of rotatable bonds is 7. The number of nitrogens with one attached hydrogen (secondary N) is 2. The molecule has 9 heteroatoms. The van der Waals surface area contributed by atoms with E-state index in [0.29, 0.717) is 0 Å². The van der Waals surface area contributed by atoms with Gasteiger partial charge in [0.05, 0.1) is 0 Å². The van der Waals surface area contributed by atoms with Crippen molar-refractivity contribution in [3.63, 3.8) is 0 Å². The Morgan fingerprint density at radius 2 is 1.91 bits per heavy atom. The maximum absolute atomic E-state index is 11.4. The number of carbonyl (C=O) groups is 2. The zero-order valence-corrected chi connectivity index (χ0v) is 13.0. The minimum absolute atomic E-state index is 0.00728. The first-order valence-electron chi connectivity index (χ1n) is 6.58. The number of carbonyl (C=O) groups excluding carboxylic acids is 2. The monoisotopic (exact) mass is 330 g/mol. The summed E-state index contributed by atoms with van der Waals surface area (Å²) in [5.41, 5.74) is 0.839. The van der Waals surface area contributed by atoms with Crippen LogP contribution in [-0.4, -0.2) is 34.1 Å². The molecule has 4 N–H and O–H groups in total. The molecule has 1 aromatic rings. The van der Waals surface area contributed by atoms with Crippen LogP contribution in [0.2, 0.25) is 0 Å². The summed E-state index contributed by atoms with van der Waals surface area (Å²) in [4.78, 5) is 40.5. The molecular weight excluding hydrogens is 311 g/mol. The van der Waals surface area contributed by atoms with Gasteiger partial charge in [0.2, 0.25) is 5.91 Å². The second-order valence-electron chi connectivity index (χ2n) is 4.57. The first-order valence-corrected chi connectivity index (χ1v) is 8.26. The van der Waals surface area contributed by atoms with Gasteiger partial charge < -0.3 is 25.2 Å². The number of amides is 2. The summed E-state index contributed by atoms with van der Waals surface area (Å²) in [7, 11) is -4.35. The van der Waals surface area contributed by atoms with Gasteiger partial charge in [-0.2, -0.15) is 0 Å². The SMILES string of the molecule is CC(NC(=O)CCNC(=O)OCc1ccccc1)P(=O)(O)O. The third kappa shape index (κ3) is 7.21. The van der Waals surface area contributed by atoms with Crippen molar-refractivity contribution in [2.75, 3.05) is 6.54 Å². The second-order valence-corrected chi connectivity index (χ2v) is 6.52. The number of hydrogen-bond acceptors (Lipinski definition) is 4. The van der Waals surface area contributed by atoms with Crippen LogP contribution in [0.25, 0.3) is 0 Å². The quantitative estimate of drug-likeness (QED) is 0.552. The Kier molecular flexibility index (Phi) is 7.04. The van der Waals surface area contributed by atoms with E-state index in [2.05, 4.69) is 10.6 Å². The lowest BCUT2D eigenvalue weighted by atomic mass is 10.2. The average molecular weight is 330 g/mol. The van der Waals surface area contributed by atoms with Crippen LogP contribution in [0.4, 0.5) is 4.79 Å². The normalized spacial score (nSPS) is 12.3. The summed E-state index contributed by atoms with van der Waals surface area (Å²) in [6.45, 7) is 1.33. The van der Waals surface area contributed by atoms with Crippen molar-refractivity contribution >= 4 is 19.6 Å². The van der Waals surface area contributed by atoms with Gasteiger partial charge in [0.25, 0.3) is 0 Å². The van der Waals surface area contributed by atoms with E-state index in [1.54, 1.807) is 0 Å². The van der Waals surface area contributed by atoms with Crippen LogP contribution >= 0.6 is 7.60 Å². The van der Waals surface area contributed by atoms with E-state index in [4.69, 9.17) is 14.5 Å². The summed E-state index contributed by atoms with van der Waals surface area (Å²) in [6.07, 6.45) is -0.773. The van der Waals surface area contributed by atoms with Crippen molar-refractivity contribution in [1.82, 2.24) is 10.6 Å². The van der Waals surface area contributed by atoms with Crippen molar-refractivity contribution in [2.24, 2.45) is 0 Å². The Hall–Kier alpha value is -1.89. The maximum atomic E-state index is 11.4. The molecule has 0 saturated carbocycles. The van der Waals surface area contributed by atoms with Crippen molar-refractivity contribution in [1.29, 1.82) is 0 Å². The Balaban J connectivity index is 2.19. The number of hydrogen-bond donors (Lipinski definition) is 4. The second kappa shape index (κ2) is 8.53. The molecule has 1 rings (SSSR count). The van der Waals surface area contributed by atoms with Gasteiger partial charge in [0.1, 0.15) is 12.4 Å². The molecule has 0 aliphatic heterocycles. The average Bonchev–Trinajstić information content (AvgIpc) is 2.45. The van der Waals surface area contributed by atoms with Crippen LogP contribution in [0, 0.1) is 0 Å². The molecule has 0 radical (unpaired) electrons. The van der Waals surface area contributed by atoms with Crippen molar-refractivity contribution in [3.05, 3.63) is 35.9 Å². The lowest BCUT2D eigenvalue weighted by Crippen LogP contribution is -2.35. The van der Waals surface area contributed by atoms with E-state index in [9.17, 15) is 14.2 Å². The first kappa shape index (κ1) is 18.2. The highest BCUT2D eigenvalue weighted by atomic mass is 31.2. The highest BCUT2D eigenvalue weighted by Crippen LogP contribution is 2.38. The molecule has 122 valence electrons. The number of alkyl carbamates (subject to hydrolysis) is 1. The fraction of sp³-hybridized carbons (Fsp3) is 0.385. The molecule has 0 fully saturated rings. The summed E-state index contributed by atoms with van der Waals surface area (Å²) >= 11 is 0. The Labute approximate surface area is 128 Å². The first-order chi connectivity index (χ1) is 10.3. The molecule has 0 aliphatic carbocycles. The molecule has 0 saturated heterocycles. The van der Waals surface area contributed by atoms with E-state index in [1.807, 2.05) is 30.3 Å². The molecule has 0 spiro atoms. The van der Waals surface area contributed by atoms with Crippen LogP contribution in [0.15, 0.2) is 30.3 Å². The Morgan fingerprint density at radius 3 is 2.50 bits per heavy atom. The van der Waals surface area contributed by atoms with E-state index in [1.165, 1.54) is 6.92 Å². The lowest BCUT2D eigenvalue weighted by molar-refractivity contribution is -0.121. The Bertz CT molecular complexity index is 545. The predicted molar refractivity (Wildman–Crippen MR) is 78.9 cm³/mol. The molecule has 1 unspecified atom stereocenters. The van der Waals surface area contributed by atoms with E-state index in [-0.39, 0.29) is 19.6 Å². The van der Waals surface area contributed by atoms with Crippen LogP contribution in [0.1, 0.15) is 18.9 Å². The molecule has 1 atom stereocenters. The van der Waals surface area contributed by atoms with Gasteiger partial charge in [-0.05, 0) is 12.5 Å². The van der Waals surface area contributed by atoms with Crippen molar-refractivity contribution < 1.29 is 28.7 Å². The number of benzene rings is 1. The molecular formula is C13H19N2O6P. The molecule has 22 heavy (non-hydrogen) atoms. The maximum Gasteiger partial charge on any atom is 0.407 e. The van der Waals surface area contributed by atoms with E-state index >= 15 is 0 Å². The van der Waals surface area contributed by atoms with E-state index < -0.39 is 25.4 Å². The molecule has 0 bridgehead atoms. The van der Waals surface area contributed by atoms with Crippen LogP contribution in [0.3, 0.4) is 0 Å². The lowest BCUT2D eigenvalue weighted by Gasteiger charge is -2.15. The zero-order chi connectivity index (χ0) is 16.6. The van der Waals surface area contributed by atoms with Crippen molar-refractivity contribution in [3.8, 4) is 0 Å². The summed E-state index contributed by atoms with van der Waals surface area (Å²) in [6, 6.07) is 9.11. The topological polar surface area (TPSA) is 125 Å². The number of ether oxygens (including phenoxy) is 1. The molecule has 0 aliphatic rings. The molecule has 2 amide bonds. The fourth-order valence-electron chi connectivity index (χ4n) is 1.44. The highest BCUT2D eigenvalue weighted by molar-refractivity contribution is 7.52. The van der Waals surface area contributed by atoms with Gasteiger partial charge in [-0.15, -0.1) is 0 Å². The van der Waals surface area contributed by atoms with Gasteiger partial charge in [0.15, 0.2) is 0 Å². The zero-order valence-electron chi connectivity index (χ0n) is 12.1. The third-order valence-electron chi connectivity index (χ3n) is 2.71. The highest BCUT2D eigenvalue weighted by Gasteiger charge is 2.25. The molecule has 1 aromatic carbocycles. The molecule has 0 heterocycles. The largest absolute Gasteiger partial charge is 0.445 e. The minimum Gasteiger partial charge on any atom is -0.445 e. The summed E-state index contributed by atoms with van der Waals surface area (Å²) < 4.78 is 15.8. The fourth-order valence-corrected chi connectivity index (χ4v) is 1.75. The van der Waals surface area contributed by atoms with Crippen LogP contribution < -0.4 is 10.6 Å². The summed E-state index contributed by atoms with van der Waals surface area (Å²) in [5, 5.41) is 4.54. The van der Waals surface area contributed by atoms with Gasteiger partial charge >= 0.3 is 13.7 Å². The summed E-state index contributed by atoms with van der Waals surface area (Å²) in [5.74, 6) is -1.83. The van der Waals surface area contributed by atoms with Gasteiger partial charge in [-0.1, -0.05) is 30.3 Å². The minimum atomic E-state index is -4.35. The van der Waals surface area contributed by atoms with Crippen LogP contribution in [0.5, 0.6) is 0 Å². The van der Waals surface area contributed by atoms with Gasteiger partial charge in [0, 0.05) is 13.0 Å². The predicted octanol–water partition coefficient (Wildman–Crippen LogP) is 0.943. The molecule has 8 nitrogen and oxygen atoms in total. The standard InChI is InChI=1S/C13H19N2O6P/c1-10(22(18,19)20)15-12(16)7-8-14-13(17)21-9-11-5-3-2-4-6-11/h2-6,10H,7-9H2,1H3,(H,14,17)(H,15,16)(H2,18,19,20). The van der Waals surface area contributed by atoms with Gasteiger partial charge in [-0.3, -0.25) is 9.36 Å². The molecule has 0 aromatic heterocycles. The van der Waals surface area contributed by atoms with E-state index in [0.717, 1.165) is 5.56 Å².